The molecule has 88 valence electrons. The maximum atomic E-state index is 11.3. The topological polar surface area (TPSA) is 54.4 Å². The first-order valence-electron chi connectivity index (χ1n) is 5.31. The van der Waals surface area contributed by atoms with Gasteiger partial charge in [0.25, 0.3) is 0 Å². The van der Waals surface area contributed by atoms with Gasteiger partial charge in [0.05, 0.1) is 11.5 Å². The molecule has 2 atom stereocenters. The molecule has 1 fully saturated rings. The fourth-order valence-electron chi connectivity index (χ4n) is 2.24. The van der Waals surface area contributed by atoms with Crippen LogP contribution < -0.4 is 0 Å². The summed E-state index contributed by atoms with van der Waals surface area (Å²) in [7, 11) is -3.13. The molecule has 1 aliphatic rings. The van der Waals surface area contributed by atoms with Gasteiger partial charge >= 0.3 is 0 Å². The standard InChI is InChI=1S/C12H16O3S/c1-9-7-12(9,8-13)10-3-5-11(6-4-10)16(2,14)15/h3-6,9,13H,7-8H2,1-2H3. The van der Waals surface area contributed by atoms with Gasteiger partial charge in [-0.05, 0) is 30.0 Å². The largest absolute Gasteiger partial charge is 0.395 e. The number of benzene rings is 1. The van der Waals surface area contributed by atoms with E-state index in [2.05, 4.69) is 6.92 Å². The van der Waals surface area contributed by atoms with Crippen molar-refractivity contribution in [2.24, 2.45) is 5.92 Å². The van der Waals surface area contributed by atoms with Gasteiger partial charge < -0.3 is 5.11 Å². The minimum absolute atomic E-state index is 0.129. The lowest BCUT2D eigenvalue weighted by Gasteiger charge is -2.14. The van der Waals surface area contributed by atoms with Crippen LogP contribution in [0.5, 0.6) is 0 Å². The third kappa shape index (κ3) is 1.76. The maximum absolute atomic E-state index is 11.3. The van der Waals surface area contributed by atoms with Crippen molar-refractivity contribution in [2.45, 2.75) is 23.7 Å². The number of rotatable bonds is 3. The molecule has 1 aromatic carbocycles. The van der Waals surface area contributed by atoms with Crippen LogP contribution in [0.1, 0.15) is 18.9 Å². The number of aliphatic hydroxyl groups excluding tert-OH is 1. The summed E-state index contributed by atoms with van der Waals surface area (Å²) < 4.78 is 22.6. The van der Waals surface area contributed by atoms with Crippen LogP contribution in [0.2, 0.25) is 0 Å². The lowest BCUT2D eigenvalue weighted by molar-refractivity contribution is 0.247. The molecule has 0 heterocycles. The molecule has 0 aromatic heterocycles. The molecule has 1 saturated carbocycles. The Balaban J connectivity index is 2.34. The SMILES string of the molecule is CC1CC1(CO)c1ccc(S(C)(=O)=O)cc1. The average Bonchev–Trinajstić information content (AvgIpc) is 2.90. The summed E-state index contributed by atoms with van der Waals surface area (Å²) in [4.78, 5) is 0.331. The molecule has 0 bridgehead atoms. The average molecular weight is 240 g/mol. The summed E-state index contributed by atoms with van der Waals surface area (Å²) in [5.41, 5.74) is 0.908. The van der Waals surface area contributed by atoms with Crippen LogP contribution in [0.15, 0.2) is 29.2 Å². The predicted octanol–water partition coefficient (Wildman–Crippen LogP) is 1.36. The summed E-state index contributed by atoms with van der Waals surface area (Å²) in [6.07, 6.45) is 2.17. The fourth-order valence-corrected chi connectivity index (χ4v) is 2.87. The molecule has 4 heteroatoms. The van der Waals surface area contributed by atoms with Crippen molar-refractivity contribution < 1.29 is 13.5 Å². The first-order chi connectivity index (χ1) is 7.40. The minimum Gasteiger partial charge on any atom is -0.395 e. The molecular weight excluding hydrogens is 224 g/mol. The van der Waals surface area contributed by atoms with Crippen molar-refractivity contribution in [1.29, 1.82) is 0 Å². The maximum Gasteiger partial charge on any atom is 0.175 e. The van der Waals surface area contributed by atoms with E-state index in [0.717, 1.165) is 12.0 Å². The van der Waals surface area contributed by atoms with E-state index in [4.69, 9.17) is 0 Å². The van der Waals surface area contributed by atoms with Crippen LogP contribution >= 0.6 is 0 Å². The molecule has 0 spiro atoms. The van der Waals surface area contributed by atoms with E-state index in [1.54, 1.807) is 12.1 Å². The second kappa shape index (κ2) is 3.57. The first kappa shape index (κ1) is 11.6. The lowest BCUT2D eigenvalue weighted by atomic mass is 9.95. The summed E-state index contributed by atoms with van der Waals surface area (Å²) in [5.74, 6) is 0.474. The monoisotopic (exact) mass is 240 g/mol. The smallest absolute Gasteiger partial charge is 0.175 e. The van der Waals surface area contributed by atoms with Gasteiger partial charge in [0.15, 0.2) is 9.84 Å². The van der Waals surface area contributed by atoms with E-state index in [9.17, 15) is 13.5 Å². The van der Waals surface area contributed by atoms with Gasteiger partial charge in [-0.1, -0.05) is 19.1 Å². The van der Waals surface area contributed by atoms with E-state index in [0.29, 0.717) is 10.8 Å². The van der Waals surface area contributed by atoms with Crippen LogP contribution in [0.25, 0.3) is 0 Å². The number of sulfone groups is 1. The molecule has 0 saturated heterocycles. The molecule has 16 heavy (non-hydrogen) atoms. The Hall–Kier alpha value is -0.870. The van der Waals surface area contributed by atoms with E-state index in [1.807, 2.05) is 12.1 Å². The number of hydrogen-bond acceptors (Lipinski definition) is 3. The normalized spacial score (nSPS) is 29.1. The second-order valence-electron chi connectivity index (χ2n) is 4.72. The Kier molecular flexibility index (Phi) is 2.59. The zero-order valence-electron chi connectivity index (χ0n) is 9.47. The molecule has 0 radical (unpaired) electrons. The highest BCUT2D eigenvalue weighted by Crippen LogP contribution is 2.53. The first-order valence-corrected chi connectivity index (χ1v) is 7.21. The van der Waals surface area contributed by atoms with Crippen LogP contribution in [-0.4, -0.2) is 26.4 Å². The fraction of sp³-hybridized carbons (Fsp3) is 0.500. The zero-order valence-corrected chi connectivity index (χ0v) is 10.3. The summed E-state index contributed by atoms with van der Waals surface area (Å²) >= 11 is 0. The molecule has 1 aliphatic carbocycles. The van der Waals surface area contributed by atoms with Crippen molar-refractivity contribution in [3.8, 4) is 0 Å². The van der Waals surface area contributed by atoms with Crippen molar-refractivity contribution in [3.63, 3.8) is 0 Å². The van der Waals surface area contributed by atoms with E-state index < -0.39 is 9.84 Å². The Morgan fingerprint density at radius 2 is 1.88 bits per heavy atom. The molecule has 1 aromatic rings. The molecule has 2 rings (SSSR count). The third-order valence-corrected chi connectivity index (χ3v) is 4.72. The van der Waals surface area contributed by atoms with Crippen LogP contribution in [0.3, 0.4) is 0 Å². The second-order valence-corrected chi connectivity index (χ2v) is 6.73. The van der Waals surface area contributed by atoms with E-state index >= 15 is 0 Å². The molecular formula is C12H16O3S. The summed E-state index contributed by atoms with van der Waals surface area (Å²) in [5, 5.41) is 9.39. The van der Waals surface area contributed by atoms with Gasteiger partial charge in [0.1, 0.15) is 0 Å². The Bertz CT molecular complexity index is 486. The highest BCUT2D eigenvalue weighted by atomic mass is 32.2. The lowest BCUT2D eigenvalue weighted by Crippen LogP contribution is -2.14. The third-order valence-electron chi connectivity index (χ3n) is 3.59. The molecule has 3 nitrogen and oxygen atoms in total. The van der Waals surface area contributed by atoms with Gasteiger partial charge in [-0.3, -0.25) is 0 Å². The highest BCUT2D eigenvalue weighted by molar-refractivity contribution is 7.90. The molecule has 2 unspecified atom stereocenters. The van der Waals surface area contributed by atoms with Crippen molar-refractivity contribution in [1.82, 2.24) is 0 Å². The Morgan fingerprint density at radius 1 is 1.38 bits per heavy atom. The van der Waals surface area contributed by atoms with Crippen LogP contribution in [-0.2, 0) is 15.3 Å². The van der Waals surface area contributed by atoms with Crippen LogP contribution in [0.4, 0.5) is 0 Å². The van der Waals surface area contributed by atoms with Crippen LogP contribution in [0, 0.1) is 5.92 Å². The van der Waals surface area contributed by atoms with Gasteiger partial charge in [-0.15, -0.1) is 0 Å². The van der Waals surface area contributed by atoms with E-state index in [1.165, 1.54) is 6.26 Å². The van der Waals surface area contributed by atoms with Crippen molar-refractivity contribution in [3.05, 3.63) is 29.8 Å². The van der Waals surface area contributed by atoms with Gasteiger partial charge in [0, 0.05) is 11.7 Å². The highest BCUT2D eigenvalue weighted by Gasteiger charge is 2.51. The molecule has 0 aliphatic heterocycles. The quantitative estimate of drug-likeness (QED) is 0.868. The Labute approximate surface area is 96.0 Å². The Morgan fingerprint density at radius 3 is 2.19 bits per heavy atom. The van der Waals surface area contributed by atoms with E-state index in [-0.39, 0.29) is 12.0 Å². The van der Waals surface area contributed by atoms with Gasteiger partial charge in [-0.2, -0.15) is 0 Å². The van der Waals surface area contributed by atoms with Gasteiger partial charge in [0.2, 0.25) is 0 Å². The van der Waals surface area contributed by atoms with Crippen molar-refractivity contribution in [2.75, 3.05) is 12.9 Å². The molecule has 0 amide bonds. The summed E-state index contributed by atoms with van der Waals surface area (Å²) in [6.45, 7) is 2.23. The zero-order chi connectivity index (χ0) is 12.0. The predicted molar refractivity (Wildman–Crippen MR) is 62.1 cm³/mol. The van der Waals surface area contributed by atoms with Gasteiger partial charge in [-0.25, -0.2) is 8.42 Å². The summed E-state index contributed by atoms with van der Waals surface area (Å²) in [6, 6.07) is 6.87. The van der Waals surface area contributed by atoms with Crippen molar-refractivity contribution >= 4 is 9.84 Å². The minimum atomic E-state index is -3.13. The molecule has 1 N–H and O–H groups in total. The number of hydrogen-bond donors (Lipinski definition) is 1. The number of aliphatic hydroxyl groups is 1.